The number of carbonyl (C=O) groups is 2. The highest BCUT2D eigenvalue weighted by Gasteiger charge is 2.68. The minimum absolute atomic E-state index is 0.246. The zero-order valence-corrected chi connectivity index (χ0v) is 13.9. The highest BCUT2D eigenvalue weighted by molar-refractivity contribution is 6.09. The normalized spacial score (nSPS) is 18.8. The van der Waals surface area contributed by atoms with E-state index in [2.05, 4.69) is 4.98 Å². The molecule has 0 saturated heterocycles. The maximum absolute atomic E-state index is 14.0. The zero-order valence-electron chi connectivity index (χ0n) is 13.9. The molecule has 1 unspecified atom stereocenters. The number of alkyl halides is 3. The summed E-state index contributed by atoms with van der Waals surface area (Å²) < 4.78 is 43.2. The number of amides is 2. The molecule has 0 saturated carbocycles. The first-order chi connectivity index (χ1) is 12.5. The average Bonchev–Trinajstić information content (AvgIpc) is 2.92. The lowest BCUT2D eigenvalue weighted by Crippen LogP contribution is -2.62. The van der Waals surface area contributed by atoms with Crippen LogP contribution in [0.3, 0.4) is 0 Å². The number of anilines is 1. The third-order valence-corrected chi connectivity index (χ3v) is 4.26. The van der Waals surface area contributed by atoms with Crippen LogP contribution in [0.5, 0.6) is 0 Å². The summed E-state index contributed by atoms with van der Waals surface area (Å²) in [5.41, 5.74) is -7.27. The Morgan fingerprint density at radius 1 is 1.22 bits per heavy atom. The molecule has 0 aromatic carbocycles. The van der Waals surface area contributed by atoms with Gasteiger partial charge in [0.05, 0.1) is 5.56 Å². The van der Waals surface area contributed by atoms with Crippen LogP contribution in [0.15, 0.2) is 34.1 Å². The number of rotatable bonds is 2. The fraction of sp³-hybridized carbons (Fsp3) is 0.267. The predicted molar refractivity (Wildman–Crippen MR) is 85.0 cm³/mol. The Balaban J connectivity index is 2.30. The van der Waals surface area contributed by atoms with Crippen molar-refractivity contribution in [2.75, 3.05) is 5.32 Å². The SMILES string of the molecule is Cn1c2c(c(=O)n(C)c1=O)C(NC(=O)c1cccnc1)(C(F)(F)F)C(=O)N2. The van der Waals surface area contributed by atoms with E-state index in [-0.39, 0.29) is 5.56 Å². The summed E-state index contributed by atoms with van der Waals surface area (Å²) in [5.74, 6) is -3.59. The van der Waals surface area contributed by atoms with Crippen molar-refractivity contribution in [3.8, 4) is 0 Å². The Labute approximate surface area is 148 Å². The Hall–Kier alpha value is -3.44. The number of hydrogen-bond acceptors (Lipinski definition) is 5. The molecule has 2 aromatic heterocycles. The van der Waals surface area contributed by atoms with Crippen molar-refractivity contribution in [3.05, 3.63) is 56.5 Å². The van der Waals surface area contributed by atoms with Crippen molar-refractivity contribution in [3.63, 3.8) is 0 Å². The van der Waals surface area contributed by atoms with Gasteiger partial charge in [-0.05, 0) is 12.1 Å². The van der Waals surface area contributed by atoms with Gasteiger partial charge < -0.3 is 10.6 Å². The van der Waals surface area contributed by atoms with Gasteiger partial charge in [-0.3, -0.25) is 28.5 Å². The fourth-order valence-corrected chi connectivity index (χ4v) is 2.84. The highest BCUT2D eigenvalue weighted by Crippen LogP contribution is 2.44. The quantitative estimate of drug-likeness (QED) is 0.734. The summed E-state index contributed by atoms with van der Waals surface area (Å²) in [5, 5.41) is 3.51. The number of hydrogen-bond donors (Lipinski definition) is 2. The van der Waals surface area contributed by atoms with Gasteiger partial charge in [-0.15, -0.1) is 0 Å². The average molecular weight is 383 g/mol. The van der Waals surface area contributed by atoms with Crippen molar-refractivity contribution in [2.45, 2.75) is 11.7 Å². The minimum Gasteiger partial charge on any atom is -0.326 e. The van der Waals surface area contributed by atoms with E-state index in [1.54, 1.807) is 5.32 Å². The van der Waals surface area contributed by atoms with Crippen molar-refractivity contribution >= 4 is 17.6 Å². The van der Waals surface area contributed by atoms with Crippen LogP contribution in [0.1, 0.15) is 15.9 Å². The molecule has 1 aliphatic heterocycles. The van der Waals surface area contributed by atoms with Gasteiger partial charge in [0, 0.05) is 26.5 Å². The number of nitrogens with one attached hydrogen (secondary N) is 2. The lowest BCUT2D eigenvalue weighted by molar-refractivity contribution is -0.196. The van der Waals surface area contributed by atoms with E-state index in [0.717, 1.165) is 20.3 Å². The first kappa shape index (κ1) is 18.4. The lowest BCUT2D eigenvalue weighted by Gasteiger charge is -2.30. The molecule has 2 aromatic rings. The molecule has 27 heavy (non-hydrogen) atoms. The molecule has 2 N–H and O–H groups in total. The van der Waals surface area contributed by atoms with Gasteiger partial charge >= 0.3 is 11.9 Å². The number of aromatic nitrogens is 3. The van der Waals surface area contributed by atoms with Gasteiger partial charge in [-0.2, -0.15) is 13.2 Å². The molecular weight excluding hydrogens is 371 g/mol. The second kappa shape index (κ2) is 5.79. The highest BCUT2D eigenvalue weighted by atomic mass is 19.4. The lowest BCUT2D eigenvalue weighted by atomic mass is 9.91. The summed E-state index contributed by atoms with van der Waals surface area (Å²) in [6, 6.07) is 2.51. The van der Waals surface area contributed by atoms with Gasteiger partial charge in [0.1, 0.15) is 11.4 Å². The topological polar surface area (TPSA) is 115 Å². The van der Waals surface area contributed by atoms with Crippen molar-refractivity contribution < 1.29 is 22.8 Å². The summed E-state index contributed by atoms with van der Waals surface area (Å²) in [6.07, 6.45) is -3.06. The number of nitrogens with zero attached hydrogens (tertiary/aromatic N) is 3. The molecule has 0 aliphatic carbocycles. The molecule has 0 spiro atoms. The summed E-state index contributed by atoms with van der Waals surface area (Å²) >= 11 is 0. The van der Waals surface area contributed by atoms with Crippen LogP contribution in [0, 0.1) is 0 Å². The fourth-order valence-electron chi connectivity index (χ4n) is 2.84. The number of fused-ring (bicyclic) bond motifs is 1. The molecular formula is C15H12F3N5O4. The van der Waals surface area contributed by atoms with E-state index >= 15 is 0 Å². The molecule has 12 heteroatoms. The molecule has 1 atom stereocenters. The Bertz CT molecular complexity index is 1070. The maximum atomic E-state index is 14.0. The number of halogens is 3. The summed E-state index contributed by atoms with van der Waals surface area (Å²) in [7, 11) is 2.06. The van der Waals surface area contributed by atoms with E-state index in [9.17, 15) is 32.3 Å². The van der Waals surface area contributed by atoms with Crippen LogP contribution < -0.4 is 21.9 Å². The Morgan fingerprint density at radius 2 is 1.89 bits per heavy atom. The Kier molecular flexibility index (Phi) is 3.94. The smallest absolute Gasteiger partial charge is 0.326 e. The van der Waals surface area contributed by atoms with Crippen LogP contribution >= 0.6 is 0 Å². The summed E-state index contributed by atoms with van der Waals surface area (Å²) in [4.78, 5) is 52.8. The van der Waals surface area contributed by atoms with Gasteiger partial charge in [0.2, 0.25) is 0 Å². The molecule has 9 nitrogen and oxygen atoms in total. The predicted octanol–water partition coefficient (Wildman–Crippen LogP) is -0.381. The molecule has 3 rings (SSSR count). The third-order valence-electron chi connectivity index (χ3n) is 4.26. The van der Waals surface area contributed by atoms with E-state index in [4.69, 9.17) is 0 Å². The first-order valence-corrected chi connectivity index (χ1v) is 7.43. The third kappa shape index (κ3) is 2.44. The largest absolute Gasteiger partial charge is 0.425 e. The molecule has 1 aliphatic rings. The van der Waals surface area contributed by atoms with E-state index in [0.29, 0.717) is 9.13 Å². The zero-order chi connectivity index (χ0) is 20.1. The first-order valence-electron chi connectivity index (χ1n) is 7.43. The maximum Gasteiger partial charge on any atom is 0.425 e. The molecule has 0 bridgehead atoms. The molecule has 0 fully saturated rings. The molecule has 0 radical (unpaired) electrons. The number of carbonyl (C=O) groups excluding carboxylic acids is 2. The van der Waals surface area contributed by atoms with Crippen LogP contribution in [0.25, 0.3) is 0 Å². The monoisotopic (exact) mass is 383 g/mol. The van der Waals surface area contributed by atoms with Gasteiger partial charge in [-0.1, -0.05) is 0 Å². The van der Waals surface area contributed by atoms with Gasteiger partial charge in [-0.25, -0.2) is 4.79 Å². The van der Waals surface area contributed by atoms with Crippen molar-refractivity contribution in [2.24, 2.45) is 14.1 Å². The van der Waals surface area contributed by atoms with Crippen LogP contribution in [-0.2, 0) is 24.4 Å². The summed E-state index contributed by atoms with van der Waals surface area (Å²) in [6.45, 7) is 0. The van der Waals surface area contributed by atoms with Crippen LogP contribution in [0.2, 0.25) is 0 Å². The van der Waals surface area contributed by atoms with Gasteiger partial charge in [0.15, 0.2) is 0 Å². The second-order valence-electron chi connectivity index (χ2n) is 5.83. The van der Waals surface area contributed by atoms with Crippen LogP contribution in [-0.4, -0.2) is 32.1 Å². The molecule has 2 amide bonds. The van der Waals surface area contributed by atoms with E-state index in [1.165, 1.54) is 18.3 Å². The van der Waals surface area contributed by atoms with Crippen molar-refractivity contribution in [1.29, 1.82) is 0 Å². The van der Waals surface area contributed by atoms with Crippen molar-refractivity contribution in [1.82, 2.24) is 19.4 Å². The second-order valence-corrected chi connectivity index (χ2v) is 5.83. The Morgan fingerprint density at radius 3 is 2.44 bits per heavy atom. The van der Waals surface area contributed by atoms with E-state index in [1.807, 2.05) is 5.32 Å². The number of pyridine rings is 1. The molecule has 3 heterocycles. The van der Waals surface area contributed by atoms with E-state index < -0.39 is 46.2 Å². The minimum atomic E-state index is -5.37. The molecule has 142 valence electrons. The van der Waals surface area contributed by atoms with Gasteiger partial charge in [0.25, 0.3) is 22.9 Å². The standard InChI is InChI=1S/C15H12F3N5O4/c1-22-9-8(11(25)23(2)13(22)27)14(12(26)20-9,15(16,17)18)21-10(24)7-4-3-5-19-6-7/h3-6H,1-2H3,(H,20,26)(H,21,24). The van der Waals surface area contributed by atoms with Crippen LogP contribution in [0.4, 0.5) is 19.0 Å².